The molecule has 11 heteroatoms. The third-order valence-corrected chi connectivity index (χ3v) is 7.14. The lowest BCUT2D eigenvalue weighted by atomic mass is 9.94. The summed E-state index contributed by atoms with van der Waals surface area (Å²) in [7, 11) is -2.25. The van der Waals surface area contributed by atoms with Gasteiger partial charge in [-0.25, -0.2) is 17.8 Å². The number of sulfonamides is 1. The lowest BCUT2D eigenvalue weighted by Crippen LogP contribution is -2.32. The molecule has 0 bridgehead atoms. The summed E-state index contributed by atoms with van der Waals surface area (Å²) >= 11 is 0. The minimum absolute atomic E-state index is 0.0111. The molecular formula is C21H20F4N4O2S. The number of alkyl halides is 3. The fourth-order valence-electron chi connectivity index (χ4n) is 3.85. The molecule has 0 saturated carbocycles. The molecule has 0 radical (unpaired) electrons. The first-order valence-corrected chi connectivity index (χ1v) is 11.2. The fourth-order valence-corrected chi connectivity index (χ4v) is 5.31. The normalized spacial score (nSPS) is 19.9. The van der Waals surface area contributed by atoms with Gasteiger partial charge in [-0.3, -0.25) is 0 Å². The van der Waals surface area contributed by atoms with Crippen LogP contribution in [0.15, 0.2) is 66.1 Å². The number of halogens is 4. The fraction of sp³-hybridized carbons (Fsp3) is 0.286. The van der Waals surface area contributed by atoms with Gasteiger partial charge in [0.15, 0.2) is 5.03 Å². The van der Waals surface area contributed by atoms with Crippen molar-refractivity contribution in [2.24, 2.45) is 7.05 Å². The number of anilines is 1. The Labute approximate surface area is 182 Å². The van der Waals surface area contributed by atoms with Crippen LogP contribution < -0.4 is 5.32 Å². The van der Waals surface area contributed by atoms with Gasteiger partial charge in [0.25, 0.3) is 10.0 Å². The highest BCUT2D eigenvalue weighted by atomic mass is 32.2. The molecule has 0 spiro atoms. The number of hydrogen-bond donors (Lipinski definition) is 1. The van der Waals surface area contributed by atoms with Crippen molar-refractivity contribution in [2.75, 3.05) is 18.4 Å². The molecule has 32 heavy (non-hydrogen) atoms. The molecule has 2 heterocycles. The van der Waals surface area contributed by atoms with Crippen LogP contribution in [0.3, 0.4) is 0 Å². The van der Waals surface area contributed by atoms with Crippen molar-refractivity contribution in [2.45, 2.75) is 23.2 Å². The second-order valence-electron chi connectivity index (χ2n) is 7.66. The van der Waals surface area contributed by atoms with Gasteiger partial charge in [-0.2, -0.15) is 17.5 Å². The molecule has 0 amide bonds. The summed E-state index contributed by atoms with van der Waals surface area (Å²) < 4.78 is 82.0. The number of benzene rings is 2. The number of nitrogens with zero attached hydrogens (tertiary/aromatic N) is 3. The number of hydrogen-bond acceptors (Lipinski definition) is 4. The largest absolute Gasteiger partial charge is 0.419 e. The minimum Gasteiger partial charge on any atom is -0.380 e. The average molecular weight is 468 g/mol. The topological polar surface area (TPSA) is 67.2 Å². The van der Waals surface area contributed by atoms with Crippen LogP contribution in [0, 0.1) is 5.82 Å². The van der Waals surface area contributed by atoms with Crippen LogP contribution in [-0.2, 0) is 23.2 Å². The Morgan fingerprint density at radius 1 is 1.09 bits per heavy atom. The van der Waals surface area contributed by atoms with Crippen molar-refractivity contribution in [1.82, 2.24) is 13.9 Å². The third kappa shape index (κ3) is 4.35. The second-order valence-corrected chi connectivity index (χ2v) is 9.54. The second kappa shape index (κ2) is 8.21. The molecule has 4 rings (SSSR count). The first kappa shape index (κ1) is 22.3. The first-order chi connectivity index (χ1) is 15.1. The summed E-state index contributed by atoms with van der Waals surface area (Å²) in [6, 6.07) is 11.2. The van der Waals surface area contributed by atoms with Crippen LogP contribution in [0.5, 0.6) is 0 Å². The van der Waals surface area contributed by atoms with Crippen LogP contribution in [0.4, 0.5) is 23.2 Å². The molecule has 0 unspecified atom stereocenters. The lowest BCUT2D eigenvalue weighted by Gasteiger charge is -2.22. The summed E-state index contributed by atoms with van der Waals surface area (Å²) in [5.41, 5.74) is -0.488. The van der Waals surface area contributed by atoms with Gasteiger partial charge in [-0.15, -0.1) is 0 Å². The van der Waals surface area contributed by atoms with Crippen molar-refractivity contribution in [3.05, 3.63) is 78.0 Å². The Morgan fingerprint density at radius 2 is 1.81 bits per heavy atom. The van der Waals surface area contributed by atoms with Gasteiger partial charge >= 0.3 is 6.18 Å². The average Bonchev–Trinajstić information content (AvgIpc) is 3.36. The molecule has 1 aliphatic rings. The van der Waals surface area contributed by atoms with Crippen molar-refractivity contribution in [3.8, 4) is 0 Å². The maximum atomic E-state index is 13.7. The van der Waals surface area contributed by atoms with E-state index in [1.165, 1.54) is 27.5 Å². The zero-order valence-corrected chi connectivity index (χ0v) is 17.7. The van der Waals surface area contributed by atoms with Gasteiger partial charge < -0.3 is 9.88 Å². The van der Waals surface area contributed by atoms with E-state index in [9.17, 15) is 26.0 Å². The molecule has 2 atom stereocenters. The van der Waals surface area contributed by atoms with Crippen molar-refractivity contribution in [3.63, 3.8) is 0 Å². The van der Waals surface area contributed by atoms with E-state index in [-0.39, 0.29) is 29.7 Å². The highest BCUT2D eigenvalue weighted by molar-refractivity contribution is 7.89. The summed E-state index contributed by atoms with van der Waals surface area (Å²) in [5.74, 6) is -1.71. The molecule has 1 aromatic heterocycles. The molecule has 3 aromatic rings. The van der Waals surface area contributed by atoms with E-state index in [4.69, 9.17) is 0 Å². The predicted molar refractivity (Wildman–Crippen MR) is 110 cm³/mol. The molecule has 170 valence electrons. The highest BCUT2D eigenvalue weighted by Gasteiger charge is 2.41. The molecule has 1 N–H and O–H groups in total. The zero-order chi connectivity index (χ0) is 23.1. The van der Waals surface area contributed by atoms with E-state index in [0.29, 0.717) is 6.07 Å². The summed E-state index contributed by atoms with van der Waals surface area (Å²) in [6.45, 7) is 0.130. The Balaban J connectivity index is 1.66. The van der Waals surface area contributed by atoms with Gasteiger partial charge in [-0.1, -0.05) is 30.3 Å². The first-order valence-electron chi connectivity index (χ1n) is 9.72. The SMILES string of the molecule is Cn1cnc(S(=O)(=O)N2C[C@H](Nc3ccc(F)c(C(F)(F)F)c3)[C@@H](c3ccccc3)C2)c1. The maximum Gasteiger partial charge on any atom is 0.419 e. The lowest BCUT2D eigenvalue weighted by molar-refractivity contribution is -0.139. The molecule has 0 aliphatic carbocycles. The number of imidazole rings is 1. The number of nitrogens with one attached hydrogen (secondary N) is 1. The third-order valence-electron chi connectivity index (χ3n) is 5.42. The van der Waals surface area contributed by atoms with Gasteiger partial charge in [0.1, 0.15) is 5.82 Å². The number of aryl methyl sites for hydroxylation is 1. The predicted octanol–water partition coefficient (Wildman–Crippen LogP) is 3.85. The Morgan fingerprint density at radius 3 is 2.44 bits per heavy atom. The maximum absolute atomic E-state index is 13.7. The molecule has 1 fully saturated rings. The van der Waals surface area contributed by atoms with E-state index >= 15 is 0 Å². The molecular weight excluding hydrogens is 448 g/mol. The van der Waals surface area contributed by atoms with Crippen LogP contribution in [0.1, 0.15) is 17.0 Å². The standard InChI is InChI=1S/C21H20F4N4O2S/c1-28-12-20(26-13-28)32(30,31)29-10-16(14-5-3-2-4-6-14)19(11-29)27-15-7-8-18(22)17(9-15)21(23,24)25/h2-9,12-13,16,19,27H,10-11H2,1H3/t16-,19+/m1/s1. The van der Waals surface area contributed by atoms with E-state index in [2.05, 4.69) is 10.3 Å². The van der Waals surface area contributed by atoms with Crippen molar-refractivity contribution in [1.29, 1.82) is 0 Å². The van der Waals surface area contributed by atoms with Gasteiger partial charge in [0.05, 0.1) is 11.9 Å². The molecule has 1 saturated heterocycles. The van der Waals surface area contributed by atoms with Crippen LogP contribution in [-0.4, -0.2) is 41.4 Å². The minimum atomic E-state index is -4.84. The summed E-state index contributed by atoms with van der Waals surface area (Å²) in [4.78, 5) is 3.93. The Hall–Kier alpha value is -2.92. The number of rotatable bonds is 5. The van der Waals surface area contributed by atoms with Crippen molar-refractivity contribution >= 4 is 15.7 Å². The highest BCUT2D eigenvalue weighted by Crippen LogP contribution is 2.36. The van der Waals surface area contributed by atoms with Crippen molar-refractivity contribution < 1.29 is 26.0 Å². The molecule has 1 aliphatic heterocycles. The van der Waals surface area contributed by atoms with Gasteiger partial charge in [0, 0.05) is 44.0 Å². The van der Waals surface area contributed by atoms with E-state index < -0.39 is 33.6 Å². The van der Waals surface area contributed by atoms with E-state index in [1.54, 1.807) is 7.05 Å². The van der Waals surface area contributed by atoms with Crippen LogP contribution >= 0.6 is 0 Å². The number of aromatic nitrogens is 2. The Bertz CT molecular complexity index is 1210. The van der Waals surface area contributed by atoms with E-state index in [0.717, 1.165) is 11.6 Å². The smallest absolute Gasteiger partial charge is 0.380 e. The summed E-state index contributed by atoms with van der Waals surface area (Å²) in [5, 5.41) is 2.89. The molecule has 6 nitrogen and oxygen atoms in total. The van der Waals surface area contributed by atoms with Crippen LogP contribution in [0.2, 0.25) is 0 Å². The molecule has 2 aromatic carbocycles. The monoisotopic (exact) mass is 468 g/mol. The Kier molecular flexibility index (Phi) is 5.72. The van der Waals surface area contributed by atoms with E-state index in [1.807, 2.05) is 30.3 Å². The van der Waals surface area contributed by atoms with Crippen LogP contribution in [0.25, 0.3) is 0 Å². The summed E-state index contributed by atoms with van der Waals surface area (Å²) in [6.07, 6.45) is -2.07. The van der Waals surface area contributed by atoms with Gasteiger partial charge in [-0.05, 0) is 23.8 Å². The van der Waals surface area contributed by atoms with Gasteiger partial charge in [0.2, 0.25) is 0 Å². The quantitative estimate of drug-likeness (QED) is 0.578. The zero-order valence-electron chi connectivity index (χ0n) is 16.9.